The van der Waals surface area contributed by atoms with E-state index in [9.17, 15) is 0 Å². The fourth-order valence-electron chi connectivity index (χ4n) is 8.73. The van der Waals surface area contributed by atoms with Crippen molar-refractivity contribution in [2.24, 2.45) is 0 Å². The van der Waals surface area contributed by atoms with Crippen molar-refractivity contribution < 1.29 is 0 Å². The summed E-state index contributed by atoms with van der Waals surface area (Å²) >= 11 is 0. The van der Waals surface area contributed by atoms with Crippen LogP contribution in [0.15, 0.2) is 206 Å². The van der Waals surface area contributed by atoms with E-state index in [4.69, 9.17) is 0 Å². The highest BCUT2D eigenvalue weighted by molar-refractivity contribution is 6.28. The molecule has 0 aliphatic heterocycles. The third kappa shape index (κ3) is 4.99. The lowest BCUT2D eigenvalue weighted by Crippen LogP contribution is -1.92. The molecule has 0 saturated heterocycles. The molecule has 0 fully saturated rings. The van der Waals surface area contributed by atoms with Crippen LogP contribution < -0.4 is 0 Å². The zero-order valence-electron chi connectivity index (χ0n) is 29.6. The van der Waals surface area contributed by atoms with E-state index in [1.807, 2.05) is 0 Å². The summed E-state index contributed by atoms with van der Waals surface area (Å²) in [5.74, 6) is 0. The SMILES string of the molecule is c1cc(-c2ccc3cc(-c4ccc5ccccc5c4)ccc3c2)cc(-c2c3ccccc3c(-c3ccc4ccccc4c3)c3ccc4ccccc4c23)c1. The molecule has 0 N–H and O–H groups in total. The zero-order valence-corrected chi connectivity index (χ0v) is 29.6. The van der Waals surface area contributed by atoms with Crippen molar-refractivity contribution in [3.05, 3.63) is 206 Å². The number of hydrogen-bond donors (Lipinski definition) is 0. The first-order valence-corrected chi connectivity index (χ1v) is 18.7. The van der Waals surface area contributed by atoms with E-state index in [0.29, 0.717) is 0 Å². The second-order valence-electron chi connectivity index (χ2n) is 14.5. The summed E-state index contributed by atoms with van der Waals surface area (Å²) in [5.41, 5.74) is 9.94. The van der Waals surface area contributed by atoms with Crippen LogP contribution in [-0.2, 0) is 0 Å². The van der Waals surface area contributed by atoms with Crippen LogP contribution in [0.2, 0.25) is 0 Å². The summed E-state index contributed by atoms with van der Waals surface area (Å²) in [5, 5.41) is 15.2. The average molecular weight is 683 g/mol. The summed E-state index contributed by atoms with van der Waals surface area (Å²) < 4.78 is 0. The Morgan fingerprint density at radius 1 is 0.185 bits per heavy atom. The van der Waals surface area contributed by atoms with E-state index in [1.54, 1.807) is 0 Å². The third-order valence-electron chi connectivity index (χ3n) is 11.4. The van der Waals surface area contributed by atoms with Gasteiger partial charge >= 0.3 is 0 Å². The van der Waals surface area contributed by atoms with Gasteiger partial charge in [-0.3, -0.25) is 0 Å². The van der Waals surface area contributed by atoms with Crippen molar-refractivity contribution in [2.45, 2.75) is 0 Å². The summed E-state index contributed by atoms with van der Waals surface area (Å²) in [6, 6.07) is 76.2. The predicted molar refractivity (Wildman–Crippen MR) is 233 cm³/mol. The Morgan fingerprint density at radius 2 is 0.574 bits per heavy atom. The van der Waals surface area contributed by atoms with E-state index < -0.39 is 0 Å². The first-order chi connectivity index (χ1) is 26.7. The minimum atomic E-state index is 1.21. The lowest BCUT2D eigenvalue weighted by molar-refractivity contribution is 1.62. The molecule has 0 heterocycles. The first kappa shape index (κ1) is 30.6. The maximum absolute atomic E-state index is 2.39. The Morgan fingerprint density at radius 3 is 1.20 bits per heavy atom. The van der Waals surface area contributed by atoms with E-state index in [0.717, 1.165) is 0 Å². The molecule has 0 saturated carbocycles. The van der Waals surface area contributed by atoms with Crippen LogP contribution in [0.25, 0.3) is 109 Å². The Labute approximate surface area is 314 Å². The molecule has 0 nitrogen and oxygen atoms in total. The smallest absolute Gasteiger partial charge is 0.00141 e. The Hall–Kier alpha value is -7.02. The van der Waals surface area contributed by atoms with Crippen LogP contribution in [0.1, 0.15) is 0 Å². The highest BCUT2D eigenvalue weighted by Crippen LogP contribution is 2.47. The standard InChI is InChI=1S/C54H34/c1-3-13-38-30-42(22-20-35(38)10-1)44-26-25-43-31-41(23-24-45(43)32-44)40-15-9-16-46(34-40)53-50-19-8-7-18-49(50)52(47-27-21-36-11-2-4-14-39(36)33-47)51-29-28-37-12-5-6-17-48(37)54(51)53/h1-34H. The summed E-state index contributed by atoms with van der Waals surface area (Å²) in [6.07, 6.45) is 0. The van der Waals surface area contributed by atoms with Gasteiger partial charge in [0.15, 0.2) is 0 Å². The molecular weight excluding hydrogens is 649 g/mol. The second kappa shape index (κ2) is 12.3. The lowest BCUT2D eigenvalue weighted by Gasteiger charge is -2.20. The summed E-state index contributed by atoms with van der Waals surface area (Å²) in [6.45, 7) is 0. The summed E-state index contributed by atoms with van der Waals surface area (Å²) in [4.78, 5) is 0. The minimum absolute atomic E-state index is 1.21. The molecule has 11 rings (SSSR count). The normalized spacial score (nSPS) is 11.7. The molecule has 0 aromatic heterocycles. The van der Waals surface area contributed by atoms with Gasteiger partial charge in [-0.25, -0.2) is 0 Å². The molecule has 11 aromatic rings. The molecule has 0 amide bonds. The van der Waals surface area contributed by atoms with Crippen LogP contribution in [0.5, 0.6) is 0 Å². The highest BCUT2D eigenvalue weighted by atomic mass is 14.2. The summed E-state index contributed by atoms with van der Waals surface area (Å²) in [7, 11) is 0. The molecule has 0 unspecified atom stereocenters. The van der Waals surface area contributed by atoms with Gasteiger partial charge in [0.05, 0.1) is 0 Å². The largest absolute Gasteiger partial charge is 0.0616 e. The van der Waals surface area contributed by atoms with Gasteiger partial charge in [-0.05, 0) is 139 Å². The van der Waals surface area contributed by atoms with E-state index in [-0.39, 0.29) is 0 Å². The maximum Gasteiger partial charge on any atom is -0.00141 e. The van der Waals surface area contributed by atoms with Crippen molar-refractivity contribution in [3.8, 4) is 44.5 Å². The average Bonchev–Trinajstić information content (AvgIpc) is 3.24. The Kier molecular flexibility index (Phi) is 6.97. The van der Waals surface area contributed by atoms with Crippen molar-refractivity contribution in [1.82, 2.24) is 0 Å². The van der Waals surface area contributed by atoms with Crippen molar-refractivity contribution in [2.75, 3.05) is 0 Å². The number of fused-ring (bicyclic) bond motifs is 7. The van der Waals surface area contributed by atoms with Gasteiger partial charge in [0.25, 0.3) is 0 Å². The fraction of sp³-hybridized carbons (Fsp3) is 0. The molecule has 0 atom stereocenters. The molecule has 11 aromatic carbocycles. The lowest BCUT2D eigenvalue weighted by atomic mass is 9.83. The maximum atomic E-state index is 2.39. The van der Waals surface area contributed by atoms with Gasteiger partial charge in [0.1, 0.15) is 0 Å². The predicted octanol–water partition coefficient (Wildman–Crippen LogP) is 15.3. The molecule has 54 heavy (non-hydrogen) atoms. The topological polar surface area (TPSA) is 0 Å². The first-order valence-electron chi connectivity index (χ1n) is 18.7. The van der Waals surface area contributed by atoms with Gasteiger partial charge in [-0.2, -0.15) is 0 Å². The molecule has 250 valence electrons. The number of rotatable bonds is 4. The fourth-order valence-corrected chi connectivity index (χ4v) is 8.73. The van der Waals surface area contributed by atoms with Gasteiger partial charge in [-0.1, -0.05) is 176 Å². The monoisotopic (exact) mass is 682 g/mol. The van der Waals surface area contributed by atoms with Gasteiger partial charge in [-0.15, -0.1) is 0 Å². The molecule has 0 aliphatic rings. The van der Waals surface area contributed by atoms with E-state index >= 15 is 0 Å². The molecule has 0 radical (unpaired) electrons. The third-order valence-corrected chi connectivity index (χ3v) is 11.4. The quantitative estimate of drug-likeness (QED) is 0.128. The highest BCUT2D eigenvalue weighted by Gasteiger charge is 2.19. The number of benzene rings is 11. The molecule has 0 heteroatoms. The van der Waals surface area contributed by atoms with Gasteiger partial charge < -0.3 is 0 Å². The van der Waals surface area contributed by atoms with E-state index in [1.165, 1.54) is 109 Å². The van der Waals surface area contributed by atoms with Gasteiger partial charge in [0.2, 0.25) is 0 Å². The van der Waals surface area contributed by atoms with Crippen molar-refractivity contribution >= 4 is 64.6 Å². The minimum Gasteiger partial charge on any atom is -0.0616 e. The Balaban J connectivity index is 1.09. The van der Waals surface area contributed by atoms with Crippen LogP contribution in [0.3, 0.4) is 0 Å². The van der Waals surface area contributed by atoms with Gasteiger partial charge in [0, 0.05) is 0 Å². The molecule has 0 spiro atoms. The van der Waals surface area contributed by atoms with Crippen LogP contribution in [-0.4, -0.2) is 0 Å². The van der Waals surface area contributed by atoms with Crippen LogP contribution in [0.4, 0.5) is 0 Å². The molecular formula is C54H34. The van der Waals surface area contributed by atoms with Crippen molar-refractivity contribution in [1.29, 1.82) is 0 Å². The van der Waals surface area contributed by atoms with Crippen LogP contribution in [0, 0.1) is 0 Å². The second-order valence-corrected chi connectivity index (χ2v) is 14.5. The Bertz CT molecular complexity index is 3270. The molecule has 0 bridgehead atoms. The van der Waals surface area contributed by atoms with Crippen LogP contribution >= 0.6 is 0 Å². The molecule has 0 aliphatic carbocycles. The van der Waals surface area contributed by atoms with Crippen molar-refractivity contribution in [3.63, 3.8) is 0 Å². The zero-order chi connectivity index (χ0) is 35.6. The van der Waals surface area contributed by atoms with E-state index in [2.05, 4.69) is 206 Å². The number of hydrogen-bond acceptors (Lipinski definition) is 0.